The molecule has 0 fully saturated rings. The Morgan fingerprint density at radius 1 is 0.750 bits per heavy atom. The van der Waals surface area contributed by atoms with Crippen molar-refractivity contribution in [2.45, 2.75) is 34.3 Å². The maximum Gasteiger partial charge on any atom is 0.224 e. The summed E-state index contributed by atoms with van der Waals surface area (Å²) in [5, 5.41) is 37.3. The number of ether oxygens (including phenoxy) is 2. The average Bonchev–Trinajstić information content (AvgIpc) is 2.70. The highest BCUT2D eigenvalue weighted by Crippen LogP contribution is 2.42. The van der Waals surface area contributed by atoms with Crippen molar-refractivity contribution in [2.75, 3.05) is 20.8 Å². The summed E-state index contributed by atoms with van der Waals surface area (Å²) in [5.41, 5.74) is 2.11. The lowest BCUT2D eigenvalue weighted by atomic mass is 9.90. The van der Waals surface area contributed by atoms with Crippen molar-refractivity contribution in [2.24, 2.45) is 0 Å². The maximum absolute atomic E-state index is 11.6. The Balaban J connectivity index is 0.000000280. The number of hydrogen-bond donors (Lipinski definition) is 4. The molecule has 0 radical (unpaired) electrons. The van der Waals surface area contributed by atoms with E-state index in [2.05, 4.69) is 0 Å². The predicted molar refractivity (Wildman–Crippen MR) is 101 cm³/mol. The first-order chi connectivity index (χ1) is 13.1. The minimum absolute atomic E-state index is 0.0281. The van der Waals surface area contributed by atoms with E-state index in [1.54, 1.807) is 27.7 Å². The molecule has 0 unspecified atom stereocenters. The van der Waals surface area contributed by atoms with Gasteiger partial charge < -0.3 is 29.9 Å². The van der Waals surface area contributed by atoms with Crippen molar-refractivity contribution in [1.82, 2.24) is 0 Å². The monoisotopic (exact) mass is 394 g/mol. The number of aliphatic hydroxyl groups excluding tert-OH is 2. The molecule has 8 nitrogen and oxygen atoms in total. The van der Waals surface area contributed by atoms with Gasteiger partial charge in [-0.25, -0.2) is 0 Å². The van der Waals surface area contributed by atoms with Gasteiger partial charge in [-0.1, -0.05) is 0 Å². The SMILES string of the molecule is COC1=C(CO)C(=O)C(C)=C(C)C1=O.COc1c(O)c(C)c(C)c(O)c1CO. The number of phenolic OH excluding ortho intramolecular Hbond substituents is 1. The van der Waals surface area contributed by atoms with Crippen LogP contribution in [0.5, 0.6) is 17.2 Å². The Morgan fingerprint density at radius 2 is 1.25 bits per heavy atom. The minimum Gasteiger partial charge on any atom is -0.507 e. The standard InChI is InChI=1S/C10H14O4.C10H12O4/c2*1-5-6(2)9(13)10(14-3)7(4-11)8(5)12/h11-13H,4H2,1-3H3;11H,4H2,1-3H3. The molecule has 154 valence electrons. The zero-order valence-electron chi connectivity index (χ0n) is 16.8. The fraction of sp³-hybridized carbons (Fsp3) is 0.400. The fourth-order valence-electron chi connectivity index (χ4n) is 2.71. The smallest absolute Gasteiger partial charge is 0.224 e. The molecule has 0 bridgehead atoms. The summed E-state index contributed by atoms with van der Waals surface area (Å²) in [4.78, 5) is 23.2. The van der Waals surface area contributed by atoms with Crippen molar-refractivity contribution in [3.8, 4) is 17.2 Å². The zero-order valence-corrected chi connectivity index (χ0v) is 16.8. The lowest BCUT2D eigenvalue weighted by Crippen LogP contribution is -2.24. The molecule has 1 aromatic rings. The molecule has 0 aromatic heterocycles. The van der Waals surface area contributed by atoms with Crippen LogP contribution in [0, 0.1) is 13.8 Å². The highest BCUT2D eigenvalue weighted by atomic mass is 16.5. The molecule has 1 aliphatic rings. The molecule has 0 saturated heterocycles. The molecule has 0 saturated carbocycles. The summed E-state index contributed by atoms with van der Waals surface area (Å²) in [6.45, 7) is 5.64. The average molecular weight is 394 g/mol. The molecule has 0 atom stereocenters. The van der Waals surface area contributed by atoms with Gasteiger partial charge in [0, 0.05) is 16.7 Å². The van der Waals surface area contributed by atoms with Crippen LogP contribution in [0.2, 0.25) is 0 Å². The van der Waals surface area contributed by atoms with Gasteiger partial charge in [0.05, 0.1) is 38.6 Å². The molecule has 8 heteroatoms. The number of ketones is 2. The van der Waals surface area contributed by atoms with E-state index in [1.165, 1.54) is 14.2 Å². The topological polar surface area (TPSA) is 134 Å². The van der Waals surface area contributed by atoms with E-state index in [0.717, 1.165) is 0 Å². The van der Waals surface area contributed by atoms with Crippen molar-refractivity contribution in [3.63, 3.8) is 0 Å². The number of carbonyl (C=O) groups is 2. The van der Waals surface area contributed by atoms with Crippen LogP contribution >= 0.6 is 0 Å². The number of aromatic hydroxyl groups is 2. The Bertz CT molecular complexity index is 793. The van der Waals surface area contributed by atoms with Crippen molar-refractivity contribution in [3.05, 3.63) is 39.2 Å². The fourth-order valence-corrected chi connectivity index (χ4v) is 2.71. The predicted octanol–water partition coefficient (Wildman–Crippen LogP) is 1.58. The van der Waals surface area contributed by atoms with Gasteiger partial charge >= 0.3 is 0 Å². The van der Waals surface area contributed by atoms with Gasteiger partial charge in [0.15, 0.2) is 23.0 Å². The van der Waals surface area contributed by atoms with Crippen LogP contribution in [-0.2, 0) is 20.9 Å². The summed E-state index contributed by atoms with van der Waals surface area (Å²) in [5.74, 6) is -0.615. The highest BCUT2D eigenvalue weighted by molar-refractivity contribution is 6.24. The maximum atomic E-state index is 11.6. The molecular formula is C20H26O8. The molecule has 1 aliphatic carbocycles. The van der Waals surface area contributed by atoms with E-state index in [0.29, 0.717) is 22.3 Å². The molecule has 0 amide bonds. The molecule has 1 aromatic carbocycles. The number of benzene rings is 1. The van der Waals surface area contributed by atoms with E-state index in [1.807, 2.05) is 0 Å². The Kier molecular flexibility index (Phi) is 7.78. The van der Waals surface area contributed by atoms with Crippen LogP contribution < -0.4 is 4.74 Å². The minimum atomic E-state index is -0.474. The molecule has 0 aliphatic heterocycles. The zero-order chi connectivity index (χ0) is 21.8. The first kappa shape index (κ1) is 23.2. The normalized spacial score (nSPS) is 14.1. The Hall–Kier alpha value is -2.84. The number of methoxy groups -OCH3 is 2. The molecule has 0 spiro atoms. The van der Waals surface area contributed by atoms with E-state index < -0.39 is 6.61 Å². The van der Waals surface area contributed by atoms with Gasteiger partial charge in [-0.15, -0.1) is 0 Å². The molecular weight excluding hydrogens is 368 g/mol. The van der Waals surface area contributed by atoms with Gasteiger partial charge in [0.1, 0.15) is 5.75 Å². The van der Waals surface area contributed by atoms with E-state index in [9.17, 15) is 19.8 Å². The van der Waals surface area contributed by atoms with Gasteiger partial charge in [-0.3, -0.25) is 9.59 Å². The summed E-state index contributed by atoms with van der Waals surface area (Å²) in [6.07, 6.45) is 0. The third-order valence-electron chi connectivity index (χ3n) is 4.77. The van der Waals surface area contributed by atoms with Gasteiger partial charge in [-0.2, -0.15) is 0 Å². The summed E-state index contributed by atoms with van der Waals surface area (Å²) < 4.78 is 9.72. The number of rotatable bonds is 4. The van der Waals surface area contributed by atoms with Crippen LogP contribution in [0.4, 0.5) is 0 Å². The van der Waals surface area contributed by atoms with E-state index >= 15 is 0 Å². The van der Waals surface area contributed by atoms with Gasteiger partial charge in [-0.05, 0) is 33.3 Å². The first-order valence-corrected chi connectivity index (χ1v) is 8.42. The number of aliphatic hydroxyl groups is 2. The number of Topliss-reactive ketones (excluding diaryl/α,β-unsaturated/α-hetero) is 2. The van der Waals surface area contributed by atoms with Crippen LogP contribution in [0.25, 0.3) is 0 Å². The molecule has 4 N–H and O–H groups in total. The third kappa shape index (κ3) is 4.02. The Morgan fingerprint density at radius 3 is 1.68 bits per heavy atom. The summed E-state index contributed by atoms with van der Waals surface area (Å²) >= 11 is 0. The van der Waals surface area contributed by atoms with E-state index in [4.69, 9.17) is 19.7 Å². The van der Waals surface area contributed by atoms with Crippen molar-refractivity contribution < 1.29 is 39.5 Å². The number of allylic oxidation sites excluding steroid dienone is 2. The third-order valence-corrected chi connectivity index (χ3v) is 4.77. The second kappa shape index (κ2) is 9.38. The van der Waals surface area contributed by atoms with Gasteiger partial charge in [0.2, 0.25) is 5.78 Å². The highest BCUT2D eigenvalue weighted by Gasteiger charge is 2.30. The Labute approximate surface area is 163 Å². The van der Waals surface area contributed by atoms with Crippen molar-refractivity contribution >= 4 is 11.6 Å². The van der Waals surface area contributed by atoms with Crippen LogP contribution in [0.3, 0.4) is 0 Å². The van der Waals surface area contributed by atoms with Crippen LogP contribution in [-0.4, -0.2) is 52.8 Å². The number of carbonyl (C=O) groups excluding carboxylic acids is 2. The molecule has 2 rings (SSSR count). The largest absolute Gasteiger partial charge is 0.507 e. The second-order valence-electron chi connectivity index (χ2n) is 6.20. The first-order valence-electron chi connectivity index (χ1n) is 8.42. The summed E-state index contributed by atoms with van der Waals surface area (Å²) in [7, 11) is 2.69. The number of hydrogen-bond acceptors (Lipinski definition) is 8. The summed E-state index contributed by atoms with van der Waals surface area (Å²) in [6, 6.07) is 0. The van der Waals surface area contributed by atoms with Gasteiger partial charge in [0.25, 0.3) is 0 Å². The van der Waals surface area contributed by atoms with Crippen molar-refractivity contribution in [1.29, 1.82) is 0 Å². The lowest BCUT2D eigenvalue weighted by molar-refractivity contribution is -0.119. The quantitative estimate of drug-likeness (QED) is 0.447. The second-order valence-corrected chi connectivity index (χ2v) is 6.20. The molecule has 0 heterocycles. The number of phenols is 2. The van der Waals surface area contributed by atoms with Crippen LogP contribution in [0.15, 0.2) is 22.5 Å². The van der Waals surface area contributed by atoms with E-state index in [-0.39, 0.29) is 52.3 Å². The lowest BCUT2D eigenvalue weighted by Gasteiger charge is -2.17. The molecule has 28 heavy (non-hydrogen) atoms. The van der Waals surface area contributed by atoms with Crippen LogP contribution in [0.1, 0.15) is 30.5 Å².